The molecule has 1 fully saturated rings. The van der Waals surface area contributed by atoms with Crippen molar-refractivity contribution in [2.75, 3.05) is 13.1 Å². The number of para-hydroxylation sites is 2. The first kappa shape index (κ1) is 20.4. The highest BCUT2D eigenvalue weighted by atomic mass is 16.2. The van der Waals surface area contributed by atoms with Gasteiger partial charge in [-0.3, -0.25) is 4.79 Å². The van der Waals surface area contributed by atoms with E-state index in [1.807, 2.05) is 31.7 Å². The van der Waals surface area contributed by atoms with E-state index in [1.165, 1.54) is 11.1 Å². The molecule has 0 spiro atoms. The number of allylic oxidation sites excluding steroid dienone is 1. The first-order valence-electron chi connectivity index (χ1n) is 11.0. The average Bonchev–Trinajstić information content (AvgIpc) is 3.13. The maximum atomic E-state index is 12.7. The van der Waals surface area contributed by atoms with E-state index in [1.54, 1.807) is 0 Å². The number of rotatable bonds is 3. The summed E-state index contributed by atoms with van der Waals surface area (Å²) in [5.74, 6) is 0.633. The molecule has 4 heteroatoms. The summed E-state index contributed by atoms with van der Waals surface area (Å²) in [5.41, 5.74) is 5.46. The molecule has 1 aliphatic rings. The normalized spacial score (nSPS) is 15.6. The summed E-state index contributed by atoms with van der Waals surface area (Å²) in [4.78, 5) is 14.8. The third-order valence-corrected chi connectivity index (χ3v) is 6.32. The number of likely N-dealkylation sites (tertiary alicyclic amines) is 1. The monoisotopic (exact) mass is 401 g/mol. The van der Waals surface area contributed by atoms with Crippen LogP contribution in [-0.2, 0) is 4.79 Å². The molecule has 0 saturated carbocycles. The van der Waals surface area contributed by atoms with Crippen LogP contribution in [0.4, 0.5) is 0 Å². The highest BCUT2D eigenvalue weighted by Crippen LogP contribution is 2.34. The Hall–Kier alpha value is -2.88. The molecular weight excluding hydrogens is 370 g/mol. The van der Waals surface area contributed by atoms with E-state index in [4.69, 9.17) is 5.10 Å². The number of benzene rings is 2. The van der Waals surface area contributed by atoms with E-state index in [2.05, 4.69) is 53.2 Å². The summed E-state index contributed by atoms with van der Waals surface area (Å²) in [6, 6.07) is 18.9. The number of fused-ring (bicyclic) bond motifs is 1. The minimum Gasteiger partial charge on any atom is -0.339 e. The van der Waals surface area contributed by atoms with E-state index in [0.717, 1.165) is 61.1 Å². The van der Waals surface area contributed by atoms with E-state index >= 15 is 0 Å². The molecule has 1 amide bonds. The number of carbonyl (C=O) groups excluding carboxylic acids is 1. The molecular formula is C26H31N3O. The number of aromatic nitrogens is 2. The van der Waals surface area contributed by atoms with Crippen LogP contribution < -0.4 is 0 Å². The fourth-order valence-electron chi connectivity index (χ4n) is 4.40. The first-order chi connectivity index (χ1) is 14.6. The predicted octanol–water partition coefficient (Wildman–Crippen LogP) is 5.87. The molecule has 0 N–H and O–H groups in total. The van der Waals surface area contributed by atoms with Crippen molar-refractivity contribution in [1.82, 2.24) is 14.7 Å². The molecule has 0 radical (unpaired) electrons. The van der Waals surface area contributed by atoms with Crippen molar-refractivity contribution in [3.63, 3.8) is 0 Å². The Balaban J connectivity index is 1.58. The second kappa shape index (κ2) is 8.86. The van der Waals surface area contributed by atoms with Gasteiger partial charge in [-0.15, -0.1) is 0 Å². The Morgan fingerprint density at radius 2 is 1.53 bits per heavy atom. The summed E-state index contributed by atoms with van der Waals surface area (Å²) in [5, 5.41) is 6.34. The molecule has 1 aliphatic heterocycles. The molecule has 30 heavy (non-hydrogen) atoms. The van der Waals surface area contributed by atoms with Gasteiger partial charge in [0.05, 0.1) is 16.9 Å². The lowest BCUT2D eigenvalue weighted by Crippen LogP contribution is -2.35. The molecule has 0 atom stereocenters. The lowest BCUT2D eigenvalue weighted by molar-refractivity contribution is -0.127. The lowest BCUT2D eigenvalue weighted by Gasteiger charge is -2.28. The molecule has 3 aromatic rings. The van der Waals surface area contributed by atoms with Gasteiger partial charge in [-0.25, -0.2) is 4.68 Å². The second-order valence-electron chi connectivity index (χ2n) is 8.55. The largest absolute Gasteiger partial charge is 0.339 e. The van der Waals surface area contributed by atoms with Gasteiger partial charge in [-0.2, -0.15) is 5.10 Å². The summed E-state index contributed by atoms with van der Waals surface area (Å²) >= 11 is 0. The van der Waals surface area contributed by atoms with Gasteiger partial charge in [0.15, 0.2) is 0 Å². The maximum absolute atomic E-state index is 12.7. The number of hydrogen-bond acceptors (Lipinski definition) is 2. The van der Waals surface area contributed by atoms with Crippen molar-refractivity contribution in [1.29, 1.82) is 0 Å². The molecule has 0 bridgehead atoms. The number of amides is 1. The van der Waals surface area contributed by atoms with Gasteiger partial charge in [0.2, 0.25) is 5.91 Å². The third kappa shape index (κ3) is 4.04. The van der Waals surface area contributed by atoms with Crippen molar-refractivity contribution < 1.29 is 4.79 Å². The van der Waals surface area contributed by atoms with Gasteiger partial charge in [-0.1, -0.05) is 42.0 Å². The highest BCUT2D eigenvalue weighted by molar-refractivity contribution is 5.93. The van der Waals surface area contributed by atoms with Gasteiger partial charge in [0.25, 0.3) is 0 Å². The van der Waals surface area contributed by atoms with Crippen LogP contribution >= 0.6 is 0 Å². The zero-order valence-electron chi connectivity index (χ0n) is 18.3. The molecule has 2 heterocycles. The van der Waals surface area contributed by atoms with Crippen molar-refractivity contribution in [2.45, 2.75) is 52.4 Å². The van der Waals surface area contributed by atoms with Crippen LogP contribution in [0.3, 0.4) is 0 Å². The SMILES string of the molecule is CC(C)=C(C)C(=O)N1CCCC(c2nn(-c3ccccc3)c3ccccc23)CCC1. The molecule has 0 aliphatic carbocycles. The Bertz CT molecular complexity index is 1050. The fourth-order valence-corrected chi connectivity index (χ4v) is 4.40. The summed E-state index contributed by atoms with van der Waals surface area (Å²) < 4.78 is 2.08. The zero-order valence-corrected chi connectivity index (χ0v) is 18.3. The first-order valence-corrected chi connectivity index (χ1v) is 11.0. The van der Waals surface area contributed by atoms with Crippen LogP contribution in [0.15, 0.2) is 65.7 Å². The quantitative estimate of drug-likeness (QED) is 0.515. The van der Waals surface area contributed by atoms with E-state index in [9.17, 15) is 4.79 Å². The number of carbonyl (C=O) groups is 1. The lowest BCUT2D eigenvalue weighted by atomic mass is 9.90. The molecule has 1 saturated heterocycles. The minimum atomic E-state index is 0.201. The molecule has 2 aromatic carbocycles. The topological polar surface area (TPSA) is 38.1 Å². The van der Waals surface area contributed by atoms with Crippen molar-refractivity contribution in [3.8, 4) is 5.69 Å². The van der Waals surface area contributed by atoms with Crippen molar-refractivity contribution >= 4 is 16.8 Å². The fraction of sp³-hybridized carbons (Fsp3) is 0.385. The van der Waals surface area contributed by atoms with Gasteiger partial charge < -0.3 is 4.90 Å². The predicted molar refractivity (Wildman–Crippen MR) is 123 cm³/mol. The maximum Gasteiger partial charge on any atom is 0.249 e. The molecule has 4 nitrogen and oxygen atoms in total. The van der Waals surface area contributed by atoms with Gasteiger partial charge in [0, 0.05) is 30.0 Å². The van der Waals surface area contributed by atoms with Gasteiger partial charge in [0.1, 0.15) is 0 Å². The van der Waals surface area contributed by atoms with Crippen molar-refractivity contribution in [3.05, 3.63) is 71.4 Å². The average molecular weight is 402 g/mol. The van der Waals surface area contributed by atoms with Crippen LogP contribution in [-0.4, -0.2) is 33.7 Å². The molecule has 1 aromatic heterocycles. The number of hydrogen-bond donors (Lipinski definition) is 0. The van der Waals surface area contributed by atoms with E-state index < -0.39 is 0 Å². The van der Waals surface area contributed by atoms with Crippen LogP contribution in [0.1, 0.15) is 58.1 Å². The Morgan fingerprint density at radius 1 is 0.900 bits per heavy atom. The third-order valence-electron chi connectivity index (χ3n) is 6.32. The standard InChI is InChI=1S/C26H31N3O/c1-19(2)20(3)26(30)28-17-9-11-21(12-10-18-28)25-23-15-7-8-16-24(23)29(27-25)22-13-5-4-6-14-22/h4-8,13-16,21H,9-12,17-18H2,1-3H3. The summed E-state index contributed by atoms with van der Waals surface area (Å²) in [7, 11) is 0. The van der Waals surface area contributed by atoms with Gasteiger partial charge in [-0.05, 0) is 64.7 Å². The number of nitrogens with zero attached hydrogens (tertiary/aromatic N) is 3. The van der Waals surface area contributed by atoms with Crippen LogP contribution in [0.2, 0.25) is 0 Å². The Kier molecular flexibility index (Phi) is 6.03. The molecule has 4 rings (SSSR count). The smallest absolute Gasteiger partial charge is 0.249 e. The van der Waals surface area contributed by atoms with E-state index in [-0.39, 0.29) is 5.91 Å². The molecule has 156 valence electrons. The minimum absolute atomic E-state index is 0.201. The summed E-state index contributed by atoms with van der Waals surface area (Å²) in [6.07, 6.45) is 4.15. The second-order valence-corrected chi connectivity index (χ2v) is 8.55. The van der Waals surface area contributed by atoms with Crippen LogP contribution in [0, 0.1) is 0 Å². The highest BCUT2D eigenvalue weighted by Gasteiger charge is 2.24. The van der Waals surface area contributed by atoms with Gasteiger partial charge >= 0.3 is 0 Å². The molecule has 0 unspecified atom stereocenters. The van der Waals surface area contributed by atoms with Crippen molar-refractivity contribution in [2.24, 2.45) is 0 Å². The summed E-state index contributed by atoms with van der Waals surface area (Å²) in [6.45, 7) is 7.64. The zero-order chi connectivity index (χ0) is 21.1. The Morgan fingerprint density at radius 3 is 2.20 bits per heavy atom. The Labute approximate surface area is 179 Å². The van der Waals surface area contributed by atoms with Crippen LogP contribution in [0.5, 0.6) is 0 Å². The van der Waals surface area contributed by atoms with Crippen LogP contribution in [0.25, 0.3) is 16.6 Å². The van der Waals surface area contributed by atoms with E-state index in [0.29, 0.717) is 5.92 Å².